The third-order valence-corrected chi connectivity index (χ3v) is 6.27. The molecule has 1 aliphatic rings. The molecular weight excluding hydrogens is 380 g/mol. The maximum absolute atomic E-state index is 12.3. The zero-order valence-corrected chi connectivity index (χ0v) is 16.8. The van der Waals surface area contributed by atoms with E-state index in [0.29, 0.717) is 21.5 Å². The molecule has 0 saturated heterocycles. The van der Waals surface area contributed by atoms with Crippen molar-refractivity contribution >= 4 is 45.8 Å². The summed E-state index contributed by atoms with van der Waals surface area (Å²) in [4.78, 5) is 25.5. The van der Waals surface area contributed by atoms with E-state index >= 15 is 0 Å². The van der Waals surface area contributed by atoms with E-state index in [9.17, 15) is 9.59 Å². The number of benzene rings is 1. The third kappa shape index (κ3) is 4.79. The first-order chi connectivity index (χ1) is 13.0. The molecule has 3 N–H and O–H groups in total. The number of carbonyl (C=O) groups excluding carboxylic acids is 2. The molecule has 142 valence electrons. The molecule has 1 aromatic carbocycles. The van der Waals surface area contributed by atoms with Crippen molar-refractivity contribution in [3.8, 4) is 0 Å². The lowest BCUT2D eigenvalue weighted by atomic mass is 9.84. The molecule has 1 atom stereocenters. The number of carbonyl (C=O) groups is 2. The predicted octanol–water partition coefficient (Wildman–Crippen LogP) is 5.06. The smallest absolute Gasteiger partial charge is 0.251 e. The van der Waals surface area contributed by atoms with Crippen molar-refractivity contribution in [2.75, 3.05) is 5.32 Å². The molecule has 0 spiro atoms. The molecule has 1 aliphatic carbocycles. The van der Waals surface area contributed by atoms with Crippen LogP contribution in [0.25, 0.3) is 6.08 Å². The topological polar surface area (TPSA) is 72.2 Å². The Kier molecular flexibility index (Phi) is 6.34. The van der Waals surface area contributed by atoms with Crippen LogP contribution in [0, 0.1) is 5.92 Å². The molecule has 4 nitrogen and oxygen atoms in total. The first kappa shape index (κ1) is 19.6. The van der Waals surface area contributed by atoms with Crippen molar-refractivity contribution in [3.63, 3.8) is 0 Å². The fourth-order valence-corrected chi connectivity index (χ4v) is 5.05. The van der Waals surface area contributed by atoms with Gasteiger partial charge in [-0.25, -0.2) is 0 Å². The number of primary amides is 1. The minimum absolute atomic E-state index is 0.281. The Bertz CT molecular complexity index is 871. The Labute approximate surface area is 168 Å². The summed E-state index contributed by atoms with van der Waals surface area (Å²) >= 11 is 7.35. The highest BCUT2D eigenvalue weighted by molar-refractivity contribution is 7.17. The van der Waals surface area contributed by atoms with E-state index in [4.69, 9.17) is 17.3 Å². The van der Waals surface area contributed by atoms with E-state index in [0.717, 1.165) is 36.8 Å². The molecule has 2 amide bonds. The van der Waals surface area contributed by atoms with Crippen LogP contribution in [0.5, 0.6) is 0 Å². The average molecular weight is 403 g/mol. The van der Waals surface area contributed by atoms with Crippen LogP contribution in [-0.4, -0.2) is 11.8 Å². The van der Waals surface area contributed by atoms with Crippen LogP contribution in [0.3, 0.4) is 0 Å². The zero-order valence-electron chi connectivity index (χ0n) is 15.3. The fourth-order valence-electron chi connectivity index (χ4n) is 3.56. The Morgan fingerprint density at radius 3 is 2.74 bits per heavy atom. The summed E-state index contributed by atoms with van der Waals surface area (Å²) in [6, 6.07) is 7.20. The number of anilines is 1. The van der Waals surface area contributed by atoms with Crippen molar-refractivity contribution in [2.24, 2.45) is 11.7 Å². The zero-order chi connectivity index (χ0) is 19.4. The molecule has 0 aliphatic heterocycles. The molecule has 27 heavy (non-hydrogen) atoms. The molecule has 0 bridgehead atoms. The molecule has 3 rings (SSSR count). The SMILES string of the molecule is CCCC1CCc2c(sc(NC(=O)/C=C/c3ccc(Cl)cc3)c2C(N)=O)C1. The summed E-state index contributed by atoms with van der Waals surface area (Å²) in [6.07, 6.45) is 8.40. The van der Waals surface area contributed by atoms with Gasteiger partial charge < -0.3 is 11.1 Å². The highest BCUT2D eigenvalue weighted by Crippen LogP contribution is 2.40. The van der Waals surface area contributed by atoms with Gasteiger partial charge in [0, 0.05) is 16.0 Å². The van der Waals surface area contributed by atoms with Crippen LogP contribution in [0.2, 0.25) is 5.02 Å². The van der Waals surface area contributed by atoms with Crippen LogP contribution >= 0.6 is 22.9 Å². The van der Waals surface area contributed by atoms with Crippen molar-refractivity contribution < 1.29 is 9.59 Å². The van der Waals surface area contributed by atoms with E-state index in [1.807, 2.05) is 12.1 Å². The van der Waals surface area contributed by atoms with Gasteiger partial charge in [-0.1, -0.05) is 43.5 Å². The van der Waals surface area contributed by atoms with Gasteiger partial charge in [-0.3, -0.25) is 9.59 Å². The van der Waals surface area contributed by atoms with Gasteiger partial charge in [-0.05, 0) is 54.5 Å². The second kappa shape index (κ2) is 8.72. The number of nitrogens with two attached hydrogens (primary N) is 1. The highest BCUT2D eigenvalue weighted by Gasteiger charge is 2.28. The molecule has 0 saturated carbocycles. The van der Waals surface area contributed by atoms with Crippen LogP contribution in [0.15, 0.2) is 30.3 Å². The number of rotatable bonds is 6. The van der Waals surface area contributed by atoms with Crippen LogP contribution in [0.4, 0.5) is 5.00 Å². The van der Waals surface area contributed by atoms with Gasteiger partial charge in [-0.2, -0.15) is 0 Å². The maximum Gasteiger partial charge on any atom is 0.251 e. The third-order valence-electron chi connectivity index (χ3n) is 4.84. The summed E-state index contributed by atoms with van der Waals surface area (Å²) in [5, 5.41) is 4.06. The quantitative estimate of drug-likeness (QED) is 0.663. The number of fused-ring (bicyclic) bond motifs is 1. The van der Waals surface area contributed by atoms with Gasteiger partial charge in [-0.15, -0.1) is 11.3 Å². The highest BCUT2D eigenvalue weighted by atomic mass is 35.5. The summed E-state index contributed by atoms with van der Waals surface area (Å²) in [6.45, 7) is 2.19. The number of thiophene rings is 1. The van der Waals surface area contributed by atoms with Gasteiger partial charge >= 0.3 is 0 Å². The Morgan fingerprint density at radius 2 is 2.07 bits per heavy atom. The molecule has 0 radical (unpaired) electrons. The van der Waals surface area contributed by atoms with Crippen LogP contribution < -0.4 is 11.1 Å². The van der Waals surface area contributed by atoms with E-state index < -0.39 is 5.91 Å². The summed E-state index contributed by atoms with van der Waals surface area (Å²) in [5.74, 6) is -0.107. The van der Waals surface area contributed by atoms with Crippen LogP contribution in [-0.2, 0) is 17.6 Å². The Hall–Kier alpha value is -2.11. The number of nitrogens with one attached hydrogen (secondary N) is 1. The monoisotopic (exact) mass is 402 g/mol. The van der Waals surface area contributed by atoms with Gasteiger partial charge in [0.25, 0.3) is 5.91 Å². The number of hydrogen-bond acceptors (Lipinski definition) is 3. The average Bonchev–Trinajstić information content (AvgIpc) is 2.98. The van der Waals surface area contributed by atoms with Crippen molar-refractivity contribution in [1.82, 2.24) is 0 Å². The Morgan fingerprint density at radius 1 is 1.33 bits per heavy atom. The lowest BCUT2D eigenvalue weighted by molar-refractivity contribution is -0.111. The summed E-state index contributed by atoms with van der Waals surface area (Å²) in [7, 11) is 0. The van der Waals surface area contributed by atoms with Crippen molar-refractivity contribution in [2.45, 2.75) is 39.0 Å². The predicted molar refractivity (Wildman–Crippen MR) is 112 cm³/mol. The minimum atomic E-state index is -0.474. The summed E-state index contributed by atoms with van der Waals surface area (Å²) < 4.78 is 0. The fraction of sp³-hybridized carbons (Fsp3) is 0.333. The second-order valence-corrected chi connectivity index (χ2v) is 8.39. The minimum Gasteiger partial charge on any atom is -0.365 e. The number of halogens is 1. The standard InChI is InChI=1S/C21H23ClN2O2S/c1-2-3-14-6-10-16-17(12-14)27-21(19(16)20(23)26)24-18(25)11-7-13-4-8-15(22)9-5-13/h4-5,7-9,11,14H,2-3,6,10,12H2,1H3,(H2,23,26)(H,24,25)/b11-7+. The normalized spacial score (nSPS) is 16.3. The van der Waals surface area contributed by atoms with Gasteiger partial charge in [0.05, 0.1) is 5.56 Å². The first-order valence-corrected chi connectivity index (χ1v) is 10.4. The second-order valence-electron chi connectivity index (χ2n) is 6.84. The number of amides is 2. The van der Waals surface area contributed by atoms with E-state index in [1.54, 1.807) is 18.2 Å². The van der Waals surface area contributed by atoms with E-state index in [-0.39, 0.29) is 5.91 Å². The van der Waals surface area contributed by atoms with Gasteiger partial charge in [0.1, 0.15) is 5.00 Å². The first-order valence-electron chi connectivity index (χ1n) is 9.17. The lowest BCUT2D eigenvalue weighted by Crippen LogP contribution is -2.19. The van der Waals surface area contributed by atoms with E-state index in [2.05, 4.69) is 12.2 Å². The molecule has 1 aromatic heterocycles. The van der Waals surface area contributed by atoms with Gasteiger partial charge in [0.2, 0.25) is 5.91 Å². The maximum atomic E-state index is 12.3. The van der Waals surface area contributed by atoms with Crippen molar-refractivity contribution in [3.05, 3.63) is 56.9 Å². The summed E-state index contributed by atoms with van der Waals surface area (Å²) in [5.41, 5.74) is 8.00. The largest absolute Gasteiger partial charge is 0.365 e. The van der Waals surface area contributed by atoms with E-state index in [1.165, 1.54) is 28.7 Å². The Balaban J connectivity index is 1.77. The lowest BCUT2D eigenvalue weighted by Gasteiger charge is -2.21. The van der Waals surface area contributed by atoms with Crippen LogP contribution in [0.1, 0.15) is 52.5 Å². The molecule has 1 heterocycles. The molecule has 0 fully saturated rings. The molecule has 6 heteroatoms. The molecule has 2 aromatic rings. The molecular formula is C21H23ClN2O2S. The van der Waals surface area contributed by atoms with Crippen molar-refractivity contribution in [1.29, 1.82) is 0 Å². The van der Waals surface area contributed by atoms with Gasteiger partial charge in [0.15, 0.2) is 0 Å². The number of hydrogen-bond donors (Lipinski definition) is 2. The molecule has 1 unspecified atom stereocenters.